The van der Waals surface area contributed by atoms with Gasteiger partial charge in [0.05, 0.1) is 6.04 Å². The third-order valence-electron chi connectivity index (χ3n) is 5.64. The molecular weight excluding hydrogens is 424 g/mol. The lowest BCUT2D eigenvalue weighted by molar-refractivity contribution is -0.0336. The number of nitrogens with zero attached hydrogens (tertiary/aromatic N) is 1. The average molecular weight is 445 g/mol. The maximum atomic E-state index is 13.8. The van der Waals surface area contributed by atoms with Gasteiger partial charge in [0.2, 0.25) is 0 Å². The number of rotatable bonds is 4. The zero-order valence-corrected chi connectivity index (χ0v) is 16.7. The SMILES string of the molecule is Cl.O=C(NC(c1cccc(F)c1)c1cc(F)c(F)c(F)c1)O[C@H]1CN2CCC1CC2. The molecule has 3 aliphatic rings. The Morgan fingerprint density at radius 1 is 1.03 bits per heavy atom. The van der Waals surface area contributed by atoms with E-state index < -0.39 is 35.4 Å². The smallest absolute Gasteiger partial charge is 0.408 e. The van der Waals surface area contributed by atoms with E-state index in [-0.39, 0.29) is 35.6 Å². The first-order valence-electron chi connectivity index (χ1n) is 9.50. The summed E-state index contributed by atoms with van der Waals surface area (Å²) in [6, 6.07) is 5.71. The molecule has 3 saturated heterocycles. The molecule has 30 heavy (non-hydrogen) atoms. The molecule has 0 spiro atoms. The fraction of sp³-hybridized carbons (Fsp3) is 0.381. The van der Waals surface area contributed by atoms with Gasteiger partial charge in [0, 0.05) is 6.54 Å². The van der Waals surface area contributed by atoms with Crippen LogP contribution in [0.1, 0.15) is 30.0 Å². The Labute approximate surface area is 177 Å². The van der Waals surface area contributed by atoms with Crippen molar-refractivity contribution in [1.29, 1.82) is 0 Å². The van der Waals surface area contributed by atoms with Crippen LogP contribution in [0.3, 0.4) is 0 Å². The molecule has 9 heteroatoms. The normalized spacial score (nSPS) is 23.4. The van der Waals surface area contributed by atoms with Gasteiger partial charge in [-0.1, -0.05) is 12.1 Å². The van der Waals surface area contributed by atoms with Gasteiger partial charge in [-0.25, -0.2) is 22.4 Å². The molecule has 5 rings (SSSR count). The fourth-order valence-corrected chi connectivity index (χ4v) is 4.12. The molecule has 1 amide bonds. The maximum absolute atomic E-state index is 13.8. The van der Waals surface area contributed by atoms with E-state index in [9.17, 15) is 22.4 Å². The van der Waals surface area contributed by atoms with Crippen LogP contribution in [0.25, 0.3) is 0 Å². The van der Waals surface area contributed by atoms with Gasteiger partial charge in [0.15, 0.2) is 17.5 Å². The van der Waals surface area contributed by atoms with Crippen molar-refractivity contribution >= 4 is 18.5 Å². The van der Waals surface area contributed by atoms with E-state index in [4.69, 9.17) is 4.74 Å². The number of alkyl carbamates (subject to hydrolysis) is 1. The molecule has 2 bridgehead atoms. The molecule has 0 aliphatic carbocycles. The predicted molar refractivity (Wildman–Crippen MR) is 104 cm³/mol. The van der Waals surface area contributed by atoms with E-state index in [0.29, 0.717) is 6.54 Å². The summed E-state index contributed by atoms with van der Waals surface area (Å²) in [5.74, 6) is -4.70. The first-order valence-corrected chi connectivity index (χ1v) is 9.50. The van der Waals surface area contributed by atoms with Gasteiger partial charge in [-0.2, -0.15) is 0 Å². The van der Waals surface area contributed by atoms with Crippen LogP contribution in [-0.4, -0.2) is 36.7 Å². The molecule has 0 aromatic heterocycles. The van der Waals surface area contributed by atoms with E-state index in [1.54, 1.807) is 0 Å². The Morgan fingerprint density at radius 3 is 2.27 bits per heavy atom. The van der Waals surface area contributed by atoms with Crippen molar-refractivity contribution in [2.45, 2.75) is 25.0 Å². The Balaban J connectivity index is 0.00000256. The van der Waals surface area contributed by atoms with Gasteiger partial charge in [-0.15, -0.1) is 12.4 Å². The van der Waals surface area contributed by atoms with Crippen molar-refractivity contribution in [3.63, 3.8) is 0 Å². The number of fused-ring (bicyclic) bond motifs is 3. The summed E-state index contributed by atoms with van der Waals surface area (Å²) in [6.45, 7) is 2.60. The molecule has 1 unspecified atom stereocenters. The number of carbonyl (C=O) groups excluding carboxylic acids is 1. The molecular formula is C21H21ClF4N2O2. The molecule has 2 atom stereocenters. The summed E-state index contributed by atoms with van der Waals surface area (Å²) in [6.07, 6.45) is 0.842. The highest BCUT2D eigenvalue weighted by Crippen LogP contribution is 2.30. The van der Waals surface area contributed by atoms with Crippen LogP contribution in [0, 0.1) is 29.2 Å². The Morgan fingerprint density at radius 2 is 1.70 bits per heavy atom. The maximum Gasteiger partial charge on any atom is 0.408 e. The number of carbonyl (C=O) groups is 1. The van der Waals surface area contributed by atoms with Crippen LogP contribution >= 0.6 is 12.4 Å². The van der Waals surface area contributed by atoms with Gasteiger partial charge < -0.3 is 10.1 Å². The number of halogens is 5. The molecule has 0 radical (unpaired) electrons. The molecule has 2 aromatic carbocycles. The Hall–Kier alpha value is -2.32. The number of amides is 1. The minimum Gasteiger partial charge on any atom is -0.445 e. The highest BCUT2D eigenvalue weighted by molar-refractivity contribution is 5.85. The van der Waals surface area contributed by atoms with Crippen LogP contribution in [-0.2, 0) is 4.74 Å². The van der Waals surface area contributed by atoms with Gasteiger partial charge in [0.25, 0.3) is 0 Å². The van der Waals surface area contributed by atoms with Crippen LogP contribution < -0.4 is 5.32 Å². The number of nitrogens with one attached hydrogen (secondary N) is 1. The van der Waals surface area contributed by atoms with Crippen molar-refractivity contribution < 1.29 is 27.1 Å². The van der Waals surface area contributed by atoms with E-state index >= 15 is 0 Å². The van der Waals surface area contributed by atoms with Crippen LogP contribution in [0.2, 0.25) is 0 Å². The molecule has 2 aromatic rings. The van der Waals surface area contributed by atoms with Gasteiger partial charge in [0.1, 0.15) is 11.9 Å². The number of ether oxygens (including phenoxy) is 1. The summed E-state index contributed by atoms with van der Waals surface area (Å²) in [5.41, 5.74) is 0.194. The lowest BCUT2D eigenvalue weighted by Crippen LogP contribution is -2.52. The van der Waals surface area contributed by atoms with Gasteiger partial charge in [-0.05, 0) is 67.2 Å². The van der Waals surface area contributed by atoms with Crippen molar-refractivity contribution in [2.24, 2.45) is 5.92 Å². The molecule has 0 saturated carbocycles. The second-order valence-electron chi connectivity index (χ2n) is 7.51. The standard InChI is InChI=1S/C21H20F4N2O2.ClH/c22-15-3-1-2-13(8-15)20(14-9-16(23)19(25)17(24)10-14)26-21(28)29-18-11-27-6-4-12(18)5-7-27;/h1-3,8-10,12,18,20H,4-7,11H2,(H,26,28);1H/t18-,20?;/m0./s1. The molecule has 1 N–H and O–H groups in total. The topological polar surface area (TPSA) is 41.6 Å². The highest BCUT2D eigenvalue weighted by Gasteiger charge is 2.37. The van der Waals surface area contributed by atoms with E-state index in [1.165, 1.54) is 18.2 Å². The zero-order valence-electron chi connectivity index (χ0n) is 15.9. The third-order valence-corrected chi connectivity index (χ3v) is 5.64. The van der Waals surface area contributed by atoms with Crippen LogP contribution in [0.15, 0.2) is 36.4 Å². The Bertz CT molecular complexity index is 899. The first-order chi connectivity index (χ1) is 13.9. The van der Waals surface area contributed by atoms with E-state index in [2.05, 4.69) is 10.2 Å². The third kappa shape index (κ3) is 4.70. The molecule has 4 nitrogen and oxygen atoms in total. The number of hydrogen-bond donors (Lipinski definition) is 1. The lowest BCUT2D eigenvalue weighted by atomic mass is 9.86. The van der Waals surface area contributed by atoms with Gasteiger partial charge in [-0.3, -0.25) is 4.90 Å². The van der Waals surface area contributed by atoms with E-state index in [0.717, 1.165) is 44.1 Å². The summed E-state index contributed by atoms with van der Waals surface area (Å²) in [4.78, 5) is 14.8. The first kappa shape index (κ1) is 22.4. The van der Waals surface area contributed by atoms with Crippen molar-refractivity contribution in [1.82, 2.24) is 10.2 Å². The second-order valence-corrected chi connectivity index (χ2v) is 7.51. The number of hydrogen-bond acceptors (Lipinski definition) is 3. The Kier molecular flexibility index (Phi) is 6.88. The molecule has 3 fully saturated rings. The number of benzene rings is 2. The second kappa shape index (κ2) is 9.22. The van der Waals surface area contributed by atoms with E-state index in [1.807, 2.05) is 0 Å². The molecule has 162 valence electrons. The number of piperidine rings is 3. The quantitative estimate of drug-likeness (QED) is 0.554. The monoisotopic (exact) mass is 444 g/mol. The van der Waals surface area contributed by atoms with Crippen molar-refractivity contribution in [2.75, 3.05) is 19.6 Å². The minimum absolute atomic E-state index is 0. The van der Waals surface area contributed by atoms with Gasteiger partial charge >= 0.3 is 6.09 Å². The lowest BCUT2D eigenvalue weighted by Gasteiger charge is -2.43. The average Bonchev–Trinajstić information content (AvgIpc) is 2.71. The predicted octanol–water partition coefficient (Wildman–Crippen LogP) is 4.57. The summed E-state index contributed by atoms with van der Waals surface area (Å²) in [7, 11) is 0. The molecule has 3 heterocycles. The highest BCUT2D eigenvalue weighted by atomic mass is 35.5. The van der Waals surface area contributed by atoms with Crippen molar-refractivity contribution in [3.8, 4) is 0 Å². The van der Waals surface area contributed by atoms with Crippen LogP contribution in [0.4, 0.5) is 22.4 Å². The zero-order chi connectivity index (χ0) is 20.5. The summed E-state index contributed by atoms with van der Waals surface area (Å²) in [5, 5.41) is 2.56. The minimum atomic E-state index is -1.61. The fourth-order valence-electron chi connectivity index (χ4n) is 4.12. The summed E-state index contributed by atoms with van der Waals surface area (Å²) < 4.78 is 60.2. The van der Waals surface area contributed by atoms with Crippen LogP contribution in [0.5, 0.6) is 0 Å². The van der Waals surface area contributed by atoms with Crippen molar-refractivity contribution in [3.05, 3.63) is 70.8 Å². The molecule has 3 aliphatic heterocycles. The largest absolute Gasteiger partial charge is 0.445 e. The summed E-state index contributed by atoms with van der Waals surface area (Å²) >= 11 is 0.